The van der Waals surface area contributed by atoms with Crippen LogP contribution >= 0.6 is 11.8 Å². The van der Waals surface area contributed by atoms with E-state index in [1.807, 2.05) is 13.8 Å². The van der Waals surface area contributed by atoms with E-state index in [4.69, 9.17) is 0 Å². The van der Waals surface area contributed by atoms with Gasteiger partial charge in [0.25, 0.3) is 0 Å². The zero-order valence-corrected chi connectivity index (χ0v) is 9.84. The minimum atomic E-state index is -0.207. The monoisotopic (exact) mass is 210 g/mol. The maximum Gasteiger partial charge on any atom is 0.0656 e. The zero-order valence-electron chi connectivity index (χ0n) is 9.03. The van der Waals surface area contributed by atoms with Crippen molar-refractivity contribution in [2.45, 2.75) is 31.8 Å². The number of rotatable bonds is 4. The van der Waals surface area contributed by atoms with Crippen molar-refractivity contribution in [3.05, 3.63) is 29.8 Å². The molecule has 1 aromatic rings. The van der Waals surface area contributed by atoms with Crippen LogP contribution in [-0.4, -0.2) is 17.0 Å². The van der Waals surface area contributed by atoms with Gasteiger partial charge in [0.05, 0.1) is 6.10 Å². The highest BCUT2D eigenvalue weighted by atomic mass is 32.2. The van der Waals surface area contributed by atoms with Crippen molar-refractivity contribution in [3.8, 4) is 0 Å². The topological polar surface area (TPSA) is 20.2 Å². The average Bonchev–Trinajstić information content (AvgIpc) is 2.16. The van der Waals surface area contributed by atoms with Crippen LogP contribution in [0.5, 0.6) is 0 Å². The number of hydrogen-bond donors (Lipinski definition) is 1. The highest BCUT2D eigenvalue weighted by Gasteiger charge is 2.08. The molecule has 0 aliphatic heterocycles. The van der Waals surface area contributed by atoms with Gasteiger partial charge in [-0.05, 0) is 25.0 Å². The normalized spacial score (nSPS) is 13.2. The van der Waals surface area contributed by atoms with E-state index in [9.17, 15) is 5.11 Å². The van der Waals surface area contributed by atoms with Crippen molar-refractivity contribution in [2.75, 3.05) is 5.75 Å². The Balaban J connectivity index is 2.42. The average molecular weight is 210 g/mol. The fourth-order valence-electron chi connectivity index (χ4n) is 1.01. The van der Waals surface area contributed by atoms with Gasteiger partial charge in [0, 0.05) is 10.6 Å². The number of aryl methyl sites for hydroxylation is 1. The third kappa shape index (κ3) is 3.72. The number of thioether (sulfide) groups is 1. The van der Waals surface area contributed by atoms with Crippen molar-refractivity contribution in [1.82, 2.24) is 0 Å². The molecule has 0 spiro atoms. The van der Waals surface area contributed by atoms with Crippen molar-refractivity contribution in [2.24, 2.45) is 5.92 Å². The Labute approximate surface area is 90.5 Å². The molecule has 1 rings (SSSR count). The van der Waals surface area contributed by atoms with Gasteiger partial charge in [-0.3, -0.25) is 0 Å². The van der Waals surface area contributed by atoms with Crippen LogP contribution in [0.25, 0.3) is 0 Å². The molecule has 0 fully saturated rings. The third-order valence-electron chi connectivity index (χ3n) is 2.21. The number of benzene rings is 1. The summed E-state index contributed by atoms with van der Waals surface area (Å²) < 4.78 is 0. The van der Waals surface area contributed by atoms with Crippen LogP contribution in [0.15, 0.2) is 29.2 Å². The Bertz CT molecular complexity index is 266. The zero-order chi connectivity index (χ0) is 10.6. The molecule has 0 bridgehead atoms. The van der Waals surface area contributed by atoms with E-state index in [-0.39, 0.29) is 6.10 Å². The van der Waals surface area contributed by atoms with E-state index >= 15 is 0 Å². The first-order valence-corrected chi connectivity index (χ1v) is 5.95. The molecule has 0 aliphatic carbocycles. The molecule has 1 nitrogen and oxygen atoms in total. The van der Waals surface area contributed by atoms with Crippen LogP contribution in [0.3, 0.4) is 0 Å². The predicted molar refractivity (Wildman–Crippen MR) is 62.7 cm³/mol. The number of hydrogen-bond acceptors (Lipinski definition) is 2. The standard InChI is InChI=1S/C12H18OS/c1-9(2)12(13)8-14-11-6-4-10(3)5-7-11/h4-7,9,12-13H,8H2,1-3H3. The molecule has 2 heteroatoms. The Morgan fingerprint density at radius 1 is 1.21 bits per heavy atom. The molecule has 0 saturated heterocycles. The SMILES string of the molecule is Cc1ccc(SCC(O)C(C)C)cc1. The van der Waals surface area contributed by atoms with Crippen LogP contribution in [0, 0.1) is 12.8 Å². The van der Waals surface area contributed by atoms with E-state index in [0.717, 1.165) is 5.75 Å². The van der Waals surface area contributed by atoms with Crippen molar-refractivity contribution in [1.29, 1.82) is 0 Å². The predicted octanol–water partition coefficient (Wildman–Crippen LogP) is 3.10. The first-order chi connectivity index (χ1) is 6.59. The Morgan fingerprint density at radius 3 is 2.29 bits per heavy atom. The minimum Gasteiger partial charge on any atom is -0.392 e. The summed E-state index contributed by atoms with van der Waals surface area (Å²) >= 11 is 1.72. The highest BCUT2D eigenvalue weighted by molar-refractivity contribution is 7.99. The van der Waals surface area contributed by atoms with Crippen molar-refractivity contribution in [3.63, 3.8) is 0 Å². The fourth-order valence-corrected chi connectivity index (χ4v) is 2.09. The van der Waals surface area contributed by atoms with Crippen molar-refractivity contribution >= 4 is 11.8 Å². The summed E-state index contributed by atoms with van der Waals surface area (Å²) in [7, 11) is 0. The summed E-state index contributed by atoms with van der Waals surface area (Å²) in [6, 6.07) is 8.41. The lowest BCUT2D eigenvalue weighted by atomic mass is 10.1. The van der Waals surface area contributed by atoms with Gasteiger partial charge in [-0.15, -0.1) is 11.8 Å². The maximum atomic E-state index is 9.62. The molecule has 14 heavy (non-hydrogen) atoms. The molecule has 1 aromatic carbocycles. The highest BCUT2D eigenvalue weighted by Crippen LogP contribution is 2.20. The van der Waals surface area contributed by atoms with E-state index in [2.05, 4.69) is 31.2 Å². The van der Waals surface area contributed by atoms with E-state index < -0.39 is 0 Å². The minimum absolute atomic E-state index is 0.207. The maximum absolute atomic E-state index is 9.62. The first-order valence-electron chi connectivity index (χ1n) is 4.97. The Morgan fingerprint density at radius 2 is 1.79 bits per heavy atom. The fraction of sp³-hybridized carbons (Fsp3) is 0.500. The van der Waals surface area contributed by atoms with Gasteiger partial charge < -0.3 is 5.11 Å². The molecular formula is C12H18OS. The molecule has 0 aliphatic rings. The molecule has 78 valence electrons. The Kier molecular flexibility index (Phi) is 4.49. The van der Waals surface area contributed by atoms with Crippen LogP contribution in [0.2, 0.25) is 0 Å². The second-order valence-electron chi connectivity index (χ2n) is 3.94. The summed E-state index contributed by atoms with van der Waals surface area (Å²) in [6.45, 7) is 6.16. The lowest BCUT2D eigenvalue weighted by Crippen LogP contribution is -2.17. The third-order valence-corrected chi connectivity index (χ3v) is 3.32. The summed E-state index contributed by atoms with van der Waals surface area (Å²) in [5, 5.41) is 9.62. The van der Waals surface area contributed by atoms with Crippen molar-refractivity contribution < 1.29 is 5.11 Å². The lowest BCUT2D eigenvalue weighted by Gasteiger charge is -2.13. The molecule has 0 heterocycles. The summed E-state index contributed by atoms with van der Waals surface area (Å²) in [4.78, 5) is 1.23. The van der Waals surface area contributed by atoms with Gasteiger partial charge >= 0.3 is 0 Å². The molecule has 1 atom stereocenters. The second kappa shape index (κ2) is 5.42. The lowest BCUT2D eigenvalue weighted by molar-refractivity contribution is 0.149. The van der Waals surface area contributed by atoms with E-state index in [1.54, 1.807) is 11.8 Å². The molecular weight excluding hydrogens is 192 g/mol. The van der Waals surface area contributed by atoms with Gasteiger partial charge in [-0.2, -0.15) is 0 Å². The summed E-state index contributed by atoms with van der Waals surface area (Å²) in [5.41, 5.74) is 1.28. The quantitative estimate of drug-likeness (QED) is 0.771. The molecule has 0 saturated carbocycles. The van der Waals surface area contributed by atoms with Gasteiger partial charge in [-0.1, -0.05) is 31.5 Å². The molecule has 0 radical (unpaired) electrons. The molecule has 1 unspecified atom stereocenters. The van der Waals surface area contributed by atoms with Gasteiger partial charge in [-0.25, -0.2) is 0 Å². The summed E-state index contributed by atoms with van der Waals surface area (Å²) in [5.74, 6) is 1.12. The first kappa shape index (κ1) is 11.6. The van der Waals surface area contributed by atoms with E-state index in [1.165, 1.54) is 10.5 Å². The van der Waals surface area contributed by atoms with E-state index in [0.29, 0.717) is 5.92 Å². The molecule has 1 N–H and O–H groups in total. The number of aliphatic hydroxyl groups excluding tert-OH is 1. The van der Waals surface area contributed by atoms with Gasteiger partial charge in [0.1, 0.15) is 0 Å². The Hall–Kier alpha value is -0.470. The van der Waals surface area contributed by atoms with Crippen LogP contribution in [0.4, 0.5) is 0 Å². The largest absolute Gasteiger partial charge is 0.392 e. The molecule has 0 aromatic heterocycles. The van der Waals surface area contributed by atoms with Gasteiger partial charge in [0.15, 0.2) is 0 Å². The van der Waals surface area contributed by atoms with Crippen LogP contribution in [-0.2, 0) is 0 Å². The smallest absolute Gasteiger partial charge is 0.0656 e. The van der Waals surface area contributed by atoms with Crippen LogP contribution < -0.4 is 0 Å². The van der Waals surface area contributed by atoms with Crippen LogP contribution in [0.1, 0.15) is 19.4 Å². The number of aliphatic hydroxyl groups is 1. The summed E-state index contributed by atoms with van der Waals surface area (Å²) in [6.07, 6.45) is -0.207. The molecule has 0 amide bonds. The van der Waals surface area contributed by atoms with Gasteiger partial charge in [0.2, 0.25) is 0 Å². The second-order valence-corrected chi connectivity index (χ2v) is 5.03.